The van der Waals surface area contributed by atoms with Crippen molar-refractivity contribution in [2.24, 2.45) is 0 Å². The van der Waals surface area contributed by atoms with Crippen LogP contribution in [-0.4, -0.2) is 14.1 Å². The normalized spacial score (nSPS) is 11.2. The molecule has 0 bridgehead atoms. The summed E-state index contributed by atoms with van der Waals surface area (Å²) in [5.41, 5.74) is 4.12. The number of hydrogen-bond acceptors (Lipinski definition) is 2. The lowest BCUT2D eigenvalue weighted by atomic mass is 10.1. The standard InChI is InChI=1S/C21H19N3O2/c1-3-23-18-10-9-16(12-17(18)14(2)11-20(23)25)24-19(13-22-21(24)26)15-7-5-4-6-8-15/h4-13H,3H2,1-2H3,(H,22,26). The van der Waals surface area contributed by atoms with E-state index in [1.54, 1.807) is 21.4 Å². The number of fused-ring (bicyclic) bond motifs is 1. The Balaban J connectivity index is 1.99. The van der Waals surface area contributed by atoms with E-state index in [2.05, 4.69) is 4.98 Å². The van der Waals surface area contributed by atoms with E-state index < -0.39 is 0 Å². The number of nitrogens with one attached hydrogen (secondary N) is 1. The van der Waals surface area contributed by atoms with Gasteiger partial charge in [0.05, 0.1) is 16.9 Å². The van der Waals surface area contributed by atoms with Crippen molar-refractivity contribution >= 4 is 10.9 Å². The summed E-state index contributed by atoms with van der Waals surface area (Å²) in [6, 6.07) is 17.2. The van der Waals surface area contributed by atoms with Crippen LogP contribution in [0, 0.1) is 6.92 Å². The first-order chi connectivity index (χ1) is 12.6. The number of imidazole rings is 1. The summed E-state index contributed by atoms with van der Waals surface area (Å²) in [5.74, 6) is 0. The van der Waals surface area contributed by atoms with Gasteiger partial charge in [0, 0.05) is 29.8 Å². The van der Waals surface area contributed by atoms with Gasteiger partial charge in [0.2, 0.25) is 0 Å². The van der Waals surface area contributed by atoms with E-state index in [1.165, 1.54) is 0 Å². The first-order valence-corrected chi connectivity index (χ1v) is 8.60. The van der Waals surface area contributed by atoms with Crippen LogP contribution in [0.2, 0.25) is 0 Å². The van der Waals surface area contributed by atoms with Crippen LogP contribution in [0.15, 0.2) is 70.4 Å². The largest absolute Gasteiger partial charge is 0.330 e. The third-order valence-electron chi connectivity index (χ3n) is 4.72. The Morgan fingerprint density at radius 3 is 2.50 bits per heavy atom. The zero-order valence-electron chi connectivity index (χ0n) is 14.7. The highest BCUT2D eigenvalue weighted by Crippen LogP contribution is 2.24. The molecule has 0 amide bonds. The second-order valence-corrected chi connectivity index (χ2v) is 6.29. The Kier molecular flexibility index (Phi) is 3.84. The van der Waals surface area contributed by atoms with Gasteiger partial charge in [-0.1, -0.05) is 30.3 Å². The van der Waals surface area contributed by atoms with Crippen molar-refractivity contribution < 1.29 is 0 Å². The molecular weight excluding hydrogens is 326 g/mol. The summed E-state index contributed by atoms with van der Waals surface area (Å²) in [5, 5.41) is 0.969. The topological polar surface area (TPSA) is 59.8 Å². The van der Waals surface area contributed by atoms with E-state index in [4.69, 9.17) is 0 Å². The Labute approximate surface area is 150 Å². The highest BCUT2D eigenvalue weighted by atomic mass is 16.1. The van der Waals surface area contributed by atoms with Crippen LogP contribution >= 0.6 is 0 Å². The van der Waals surface area contributed by atoms with Crippen molar-refractivity contribution in [3.05, 3.63) is 87.2 Å². The van der Waals surface area contributed by atoms with Gasteiger partial charge < -0.3 is 9.55 Å². The van der Waals surface area contributed by atoms with Crippen molar-refractivity contribution in [2.75, 3.05) is 0 Å². The summed E-state index contributed by atoms with van der Waals surface area (Å²) in [7, 11) is 0. The molecule has 1 N–H and O–H groups in total. The fraction of sp³-hybridized carbons (Fsp3) is 0.143. The van der Waals surface area contributed by atoms with Crippen LogP contribution in [0.5, 0.6) is 0 Å². The number of pyridine rings is 1. The molecule has 5 nitrogen and oxygen atoms in total. The minimum absolute atomic E-state index is 0.00552. The molecule has 0 saturated carbocycles. The van der Waals surface area contributed by atoms with Gasteiger partial charge in [0.25, 0.3) is 5.56 Å². The maximum absolute atomic E-state index is 12.5. The predicted octanol–water partition coefficient (Wildman–Crippen LogP) is 3.48. The molecule has 2 aromatic carbocycles. The quantitative estimate of drug-likeness (QED) is 0.618. The lowest BCUT2D eigenvalue weighted by Crippen LogP contribution is -2.20. The number of hydrogen-bond donors (Lipinski definition) is 1. The van der Waals surface area contributed by atoms with Gasteiger partial charge in [0.15, 0.2) is 0 Å². The number of aromatic nitrogens is 3. The summed E-state index contributed by atoms with van der Waals surface area (Å²) < 4.78 is 3.40. The Hall–Kier alpha value is -3.34. The number of H-pyrrole nitrogens is 1. The number of benzene rings is 2. The lowest BCUT2D eigenvalue weighted by Gasteiger charge is -2.13. The highest BCUT2D eigenvalue weighted by Gasteiger charge is 2.13. The molecule has 0 atom stereocenters. The van der Waals surface area contributed by atoms with Gasteiger partial charge in [-0.2, -0.15) is 0 Å². The Morgan fingerprint density at radius 1 is 1.00 bits per heavy atom. The van der Waals surface area contributed by atoms with Crippen molar-refractivity contribution in [3.63, 3.8) is 0 Å². The van der Waals surface area contributed by atoms with Crippen molar-refractivity contribution in [2.45, 2.75) is 20.4 Å². The number of aromatic amines is 1. The molecule has 0 saturated heterocycles. The number of rotatable bonds is 3. The molecule has 0 spiro atoms. The van der Waals surface area contributed by atoms with Crippen molar-refractivity contribution in [1.29, 1.82) is 0 Å². The molecule has 2 aromatic heterocycles. The van der Waals surface area contributed by atoms with Gasteiger partial charge in [0.1, 0.15) is 0 Å². The fourth-order valence-electron chi connectivity index (χ4n) is 3.45. The molecule has 0 radical (unpaired) electrons. The second-order valence-electron chi connectivity index (χ2n) is 6.29. The average Bonchev–Trinajstić information content (AvgIpc) is 3.04. The summed E-state index contributed by atoms with van der Waals surface area (Å²) in [4.78, 5) is 27.4. The van der Waals surface area contributed by atoms with Crippen molar-refractivity contribution in [1.82, 2.24) is 14.1 Å². The van der Waals surface area contributed by atoms with Gasteiger partial charge >= 0.3 is 5.69 Å². The molecule has 4 aromatic rings. The summed E-state index contributed by atoms with van der Waals surface area (Å²) in [6.45, 7) is 4.48. The molecule has 4 rings (SSSR count). The molecule has 0 aliphatic rings. The molecule has 0 aliphatic carbocycles. The molecule has 2 heterocycles. The second kappa shape index (κ2) is 6.19. The molecule has 0 unspecified atom stereocenters. The number of nitrogens with zero attached hydrogens (tertiary/aromatic N) is 2. The van der Waals surface area contributed by atoms with Gasteiger partial charge in [-0.3, -0.25) is 9.36 Å². The molecule has 130 valence electrons. The zero-order valence-corrected chi connectivity index (χ0v) is 14.7. The highest BCUT2D eigenvalue weighted by molar-refractivity contribution is 5.84. The first-order valence-electron chi connectivity index (χ1n) is 8.60. The average molecular weight is 345 g/mol. The molecule has 0 fully saturated rings. The maximum atomic E-state index is 12.5. The molecule has 0 aliphatic heterocycles. The SMILES string of the molecule is CCn1c(=O)cc(C)c2cc(-n3c(-c4ccccc4)c[nH]c3=O)ccc21. The molecule has 26 heavy (non-hydrogen) atoms. The van der Waals surface area contributed by atoms with Gasteiger partial charge in [-0.15, -0.1) is 0 Å². The molecular formula is C21H19N3O2. The third kappa shape index (κ3) is 2.49. The predicted molar refractivity (Wildman–Crippen MR) is 104 cm³/mol. The van der Waals surface area contributed by atoms with E-state index in [1.807, 2.05) is 62.4 Å². The number of aryl methyl sites for hydroxylation is 2. The van der Waals surface area contributed by atoms with E-state index >= 15 is 0 Å². The maximum Gasteiger partial charge on any atom is 0.330 e. The monoisotopic (exact) mass is 345 g/mol. The van der Waals surface area contributed by atoms with Gasteiger partial charge in [-0.05, 0) is 37.6 Å². The van der Waals surface area contributed by atoms with Crippen LogP contribution in [0.1, 0.15) is 12.5 Å². The van der Waals surface area contributed by atoms with Gasteiger partial charge in [-0.25, -0.2) is 4.79 Å². The fourth-order valence-corrected chi connectivity index (χ4v) is 3.45. The van der Waals surface area contributed by atoms with Crippen molar-refractivity contribution in [3.8, 4) is 16.9 Å². The third-order valence-corrected chi connectivity index (χ3v) is 4.72. The minimum Gasteiger partial charge on any atom is -0.312 e. The van der Waals surface area contributed by atoms with Crippen LogP contribution in [0.4, 0.5) is 0 Å². The first kappa shape index (κ1) is 16.1. The lowest BCUT2D eigenvalue weighted by molar-refractivity contribution is 0.758. The smallest absolute Gasteiger partial charge is 0.312 e. The zero-order chi connectivity index (χ0) is 18.3. The van der Waals surface area contributed by atoms with E-state index in [-0.39, 0.29) is 11.2 Å². The summed E-state index contributed by atoms with van der Waals surface area (Å²) >= 11 is 0. The van der Waals surface area contributed by atoms with E-state index in [9.17, 15) is 9.59 Å². The van der Waals surface area contributed by atoms with E-state index in [0.717, 1.165) is 33.4 Å². The van der Waals surface area contributed by atoms with Crippen LogP contribution < -0.4 is 11.2 Å². The van der Waals surface area contributed by atoms with E-state index in [0.29, 0.717) is 6.54 Å². The van der Waals surface area contributed by atoms with Crippen LogP contribution in [0.3, 0.4) is 0 Å². The van der Waals surface area contributed by atoms with Crippen LogP contribution in [0.25, 0.3) is 27.8 Å². The Bertz CT molecular complexity index is 1210. The minimum atomic E-state index is -0.190. The molecule has 5 heteroatoms. The summed E-state index contributed by atoms with van der Waals surface area (Å²) in [6.07, 6.45) is 1.72. The van der Waals surface area contributed by atoms with Crippen LogP contribution in [-0.2, 0) is 6.54 Å². The Morgan fingerprint density at radius 2 is 1.77 bits per heavy atom.